The predicted octanol–water partition coefficient (Wildman–Crippen LogP) is 2.09. The molecule has 1 heterocycles. The molecule has 0 aliphatic heterocycles. The van der Waals surface area contributed by atoms with Crippen molar-refractivity contribution in [3.05, 3.63) is 18.2 Å². The van der Waals surface area contributed by atoms with Gasteiger partial charge in [0.05, 0.1) is 18.1 Å². The van der Waals surface area contributed by atoms with E-state index in [1.807, 2.05) is 6.07 Å². The summed E-state index contributed by atoms with van der Waals surface area (Å²) in [6, 6.07) is 6.33. The summed E-state index contributed by atoms with van der Waals surface area (Å²) in [6.07, 6.45) is 2.33. The van der Waals surface area contributed by atoms with Crippen molar-refractivity contribution in [2.45, 2.75) is 18.9 Å². The van der Waals surface area contributed by atoms with Gasteiger partial charge in [0.25, 0.3) is 6.01 Å². The lowest BCUT2D eigenvalue weighted by molar-refractivity contribution is 0.360. The van der Waals surface area contributed by atoms with Gasteiger partial charge in [-0.05, 0) is 25.0 Å². The summed E-state index contributed by atoms with van der Waals surface area (Å²) in [5.41, 5.74) is 1.82. The Morgan fingerprint density at radius 1 is 1.47 bits per heavy atom. The minimum Gasteiger partial charge on any atom is -0.508 e. The Morgan fingerprint density at radius 3 is 2.93 bits per heavy atom. The van der Waals surface area contributed by atoms with Crippen molar-refractivity contribution in [3.8, 4) is 11.8 Å². The molecular formula is C11H12N2O2. The van der Waals surface area contributed by atoms with Gasteiger partial charge in [-0.2, -0.15) is 4.98 Å². The van der Waals surface area contributed by atoms with Crippen LogP contribution in [0.4, 0.5) is 0 Å². The Morgan fingerprint density at radius 2 is 2.27 bits per heavy atom. The molecule has 1 N–H and O–H groups in total. The van der Waals surface area contributed by atoms with E-state index in [-0.39, 0.29) is 5.75 Å². The number of imidazole rings is 1. The van der Waals surface area contributed by atoms with Crippen molar-refractivity contribution < 1.29 is 9.84 Å². The van der Waals surface area contributed by atoms with Crippen LogP contribution in [0, 0.1) is 0 Å². The lowest BCUT2D eigenvalue weighted by Gasteiger charge is -2.04. The van der Waals surface area contributed by atoms with Crippen molar-refractivity contribution >= 4 is 11.0 Å². The van der Waals surface area contributed by atoms with E-state index in [1.54, 1.807) is 19.2 Å². The molecule has 1 saturated carbocycles. The van der Waals surface area contributed by atoms with Crippen LogP contribution in [0.3, 0.4) is 0 Å². The van der Waals surface area contributed by atoms with Crippen molar-refractivity contribution in [3.63, 3.8) is 0 Å². The normalized spacial score (nSPS) is 15.8. The average Bonchev–Trinajstić information content (AvgIpc) is 2.99. The lowest BCUT2D eigenvalue weighted by atomic mass is 10.3. The quantitative estimate of drug-likeness (QED) is 0.814. The maximum Gasteiger partial charge on any atom is 0.297 e. The zero-order valence-corrected chi connectivity index (χ0v) is 8.47. The van der Waals surface area contributed by atoms with Crippen molar-refractivity contribution in [1.29, 1.82) is 0 Å². The van der Waals surface area contributed by atoms with Gasteiger partial charge < -0.3 is 9.84 Å². The number of benzene rings is 1. The molecule has 0 amide bonds. The fraction of sp³-hybridized carbons (Fsp3) is 0.364. The van der Waals surface area contributed by atoms with Gasteiger partial charge in [0, 0.05) is 12.1 Å². The molecule has 78 valence electrons. The highest BCUT2D eigenvalue weighted by atomic mass is 16.5. The molecule has 0 unspecified atom stereocenters. The molecule has 4 heteroatoms. The summed E-state index contributed by atoms with van der Waals surface area (Å²) < 4.78 is 7.31. The summed E-state index contributed by atoms with van der Waals surface area (Å²) in [5.74, 6) is 0.270. The molecule has 1 aromatic carbocycles. The molecule has 1 fully saturated rings. The van der Waals surface area contributed by atoms with Gasteiger partial charge in [0.1, 0.15) is 5.75 Å². The summed E-state index contributed by atoms with van der Waals surface area (Å²) in [5, 5.41) is 9.46. The number of phenolic OH excluding ortho intramolecular Hbond substituents is 1. The number of hydrogen-bond donors (Lipinski definition) is 1. The molecule has 0 saturated heterocycles. The molecule has 4 nitrogen and oxygen atoms in total. The van der Waals surface area contributed by atoms with E-state index in [1.165, 1.54) is 0 Å². The Balaban J connectivity index is 2.30. The fourth-order valence-corrected chi connectivity index (χ4v) is 1.89. The van der Waals surface area contributed by atoms with Gasteiger partial charge in [-0.25, -0.2) is 0 Å². The number of fused-ring (bicyclic) bond motifs is 1. The maximum absolute atomic E-state index is 9.46. The van der Waals surface area contributed by atoms with E-state index in [2.05, 4.69) is 9.55 Å². The van der Waals surface area contributed by atoms with Gasteiger partial charge in [-0.15, -0.1) is 0 Å². The zero-order valence-electron chi connectivity index (χ0n) is 8.47. The highest BCUT2D eigenvalue weighted by Gasteiger charge is 2.28. The highest BCUT2D eigenvalue weighted by Crippen LogP contribution is 2.41. The van der Waals surface area contributed by atoms with E-state index in [0.29, 0.717) is 12.1 Å². The number of aromatic hydroxyl groups is 1. The van der Waals surface area contributed by atoms with Crippen LogP contribution in [-0.4, -0.2) is 21.8 Å². The van der Waals surface area contributed by atoms with E-state index in [9.17, 15) is 5.11 Å². The molecule has 15 heavy (non-hydrogen) atoms. The van der Waals surface area contributed by atoms with Crippen LogP contribution in [0.15, 0.2) is 18.2 Å². The van der Waals surface area contributed by atoms with E-state index < -0.39 is 0 Å². The molecule has 0 spiro atoms. The second kappa shape index (κ2) is 2.89. The second-order valence-electron chi connectivity index (χ2n) is 3.87. The van der Waals surface area contributed by atoms with Crippen molar-refractivity contribution in [1.82, 2.24) is 9.55 Å². The first-order valence-corrected chi connectivity index (χ1v) is 5.04. The fourth-order valence-electron chi connectivity index (χ4n) is 1.89. The van der Waals surface area contributed by atoms with Crippen LogP contribution in [0.25, 0.3) is 11.0 Å². The van der Waals surface area contributed by atoms with E-state index in [4.69, 9.17) is 4.74 Å². The number of hydrogen-bond acceptors (Lipinski definition) is 3. The minimum atomic E-state index is 0.270. The standard InChI is InChI=1S/C11H12N2O2/c1-15-11-12-9-5-4-8(14)6-10(9)13(11)7-2-3-7/h4-7,14H,2-3H2,1H3. The average molecular weight is 204 g/mol. The first kappa shape index (κ1) is 8.59. The third-order valence-corrected chi connectivity index (χ3v) is 2.74. The van der Waals surface area contributed by atoms with Gasteiger partial charge in [-0.3, -0.25) is 4.57 Å². The topological polar surface area (TPSA) is 47.3 Å². The Bertz CT molecular complexity index is 515. The number of aromatic nitrogens is 2. The lowest BCUT2D eigenvalue weighted by Crippen LogP contribution is -1.97. The molecule has 0 radical (unpaired) electrons. The number of methoxy groups -OCH3 is 1. The molecular weight excluding hydrogens is 192 g/mol. The third-order valence-electron chi connectivity index (χ3n) is 2.74. The van der Waals surface area contributed by atoms with Crippen LogP contribution in [0.1, 0.15) is 18.9 Å². The number of phenols is 1. The molecule has 2 aromatic rings. The molecule has 1 aromatic heterocycles. The van der Waals surface area contributed by atoms with Crippen LogP contribution in [0.2, 0.25) is 0 Å². The highest BCUT2D eigenvalue weighted by molar-refractivity contribution is 5.78. The monoisotopic (exact) mass is 204 g/mol. The second-order valence-corrected chi connectivity index (χ2v) is 3.87. The van der Waals surface area contributed by atoms with Crippen LogP contribution < -0.4 is 4.74 Å². The third kappa shape index (κ3) is 1.25. The summed E-state index contributed by atoms with van der Waals surface area (Å²) in [7, 11) is 1.62. The first-order chi connectivity index (χ1) is 7.29. The van der Waals surface area contributed by atoms with Gasteiger partial charge in [0.15, 0.2) is 0 Å². The van der Waals surface area contributed by atoms with Crippen LogP contribution in [0.5, 0.6) is 11.8 Å². The van der Waals surface area contributed by atoms with Gasteiger partial charge >= 0.3 is 0 Å². The Labute approximate surface area is 87.1 Å². The first-order valence-electron chi connectivity index (χ1n) is 5.04. The van der Waals surface area contributed by atoms with E-state index >= 15 is 0 Å². The van der Waals surface area contributed by atoms with Crippen molar-refractivity contribution in [2.75, 3.05) is 7.11 Å². The van der Waals surface area contributed by atoms with E-state index in [0.717, 1.165) is 23.9 Å². The molecule has 1 aliphatic carbocycles. The molecule has 3 rings (SSSR count). The molecule has 0 bridgehead atoms. The number of ether oxygens (including phenoxy) is 1. The maximum atomic E-state index is 9.46. The van der Waals surface area contributed by atoms with Crippen LogP contribution >= 0.6 is 0 Å². The number of rotatable bonds is 2. The largest absolute Gasteiger partial charge is 0.508 e. The zero-order chi connectivity index (χ0) is 10.4. The molecule has 1 aliphatic rings. The SMILES string of the molecule is COc1nc2ccc(O)cc2n1C1CC1. The van der Waals surface area contributed by atoms with Crippen LogP contribution in [-0.2, 0) is 0 Å². The Hall–Kier alpha value is -1.71. The minimum absolute atomic E-state index is 0.270. The summed E-state index contributed by atoms with van der Waals surface area (Å²) >= 11 is 0. The summed E-state index contributed by atoms with van der Waals surface area (Å²) in [4.78, 5) is 4.36. The number of nitrogens with zero attached hydrogens (tertiary/aromatic N) is 2. The van der Waals surface area contributed by atoms with Crippen molar-refractivity contribution in [2.24, 2.45) is 0 Å². The van der Waals surface area contributed by atoms with Gasteiger partial charge in [-0.1, -0.05) is 0 Å². The molecule has 0 atom stereocenters. The summed E-state index contributed by atoms with van der Waals surface area (Å²) in [6.45, 7) is 0. The predicted molar refractivity (Wildman–Crippen MR) is 56.2 cm³/mol. The smallest absolute Gasteiger partial charge is 0.297 e. The van der Waals surface area contributed by atoms with Gasteiger partial charge in [0.2, 0.25) is 0 Å². The Kier molecular flexibility index (Phi) is 1.65.